The summed E-state index contributed by atoms with van der Waals surface area (Å²) in [6.45, 7) is 3.89. The van der Waals surface area contributed by atoms with Crippen LogP contribution in [0.15, 0.2) is 23.1 Å². The zero-order valence-corrected chi connectivity index (χ0v) is 12.4. The average Bonchev–Trinajstić information content (AvgIpc) is 2.31. The van der Waals surface area contributed by atoms with Crippen LogP contribution < -0.4 is 5.73 Å². The molecule has 1 rings (SSSR count). The van der Waals surface area contributed by atoms with Crippen LogP contribution in [0.4, 0.5) is 5.69 Å². The molecule has 0 bridgehead atoms. The van der Waals surface area contributed by atoms with E-state index >= 15 is 0 Å². The van der Waals surface area contributed by atoms with E-state index in [4.69, 9.17) is 17.3 Å². The van der Waals surface area contributed by atoms with E-state index in [1.165, 1.54) is 16.4 Å². The lowest BCUT2D eigenvalue weighted by atomic mass is 10.2. The third-order valence-corrected chi connectivity index (χ3v) is 5.39. The van der Waals surface area contributed by atoms with Crippen molar-refractivity contribution in [2.45, 2.75) is 37.6 Å². The minimum atomic E-state index is -3.59. The molecule has 4 nitrogen and oxygen atoms in total. The molecule has 0 heterocycles. The summed E-state index contributed by atoms with van der Waals surface area (Å²) in [7, 11) is -2.03. The van der Waals surface area contributed by atoms with Crippen molar-refractivity contribution < 1.29 is 8.42 Å². The number of hydrogen-bond acceptors (Lipinski definition) is 3. The fourth-order valence-electron chi connectivity index (χ4n) is 1.71. The van der Waals surface area contributed by atoms with Gasteiger partial charge in [-0.05, 0) is 31.5 Å². The molecule has 0 aliphatic carbocycles. The Labute approximate surface area is 114 Å². The van der Waals surface area contributed by atoms with Crippen LogP contribution in [0.25, 0.3) is 0 Å². The van der Waals surface area contributed by atoms with Gasteiger partial charge in [0.15, 0.2) is 0 Å². The number of sulfonamides is 1. The second-order valence-corrected chi connectivity index (χ2v) is 6.72. The Bertz CT molecular complexity index is 517. The number of nitrogens with two attached hydrogens (primary N) is 1. The fourth-order valence-corrected chi connectivity index (χ4v) is 3.61. The van der Waals surface area contributed by atoms with Crippen molar-refractivity contribution in [1.82, 2.24) is 4.31 Å². The van der Waals surface area contributed by atoms with Crippen LogP contribution in [0.1, 0.15) is 26.7 Å². The van der Waals surface area contributed by atoms with Crippen LogP contribution in [0.5, 0.6) is 0 Å². The predicted octanol–water partition coefficient (Wildman–Crippen LogP) is 2.73. The van der Waals surface area contributed by atoms with Gasteiger partial charge in [0.1, 0.15) is 4.90 Å². The van der Waals surface area contributed by atoms with Crippen molar-refractivity contribution in [2.75, 3.05) is 12.8 Å². The summed E-state index contributed by atoms with van der Waals surface area (Å²) in [5.74, 6) is 0. The first-order valence-corrected chi connectivity index (χ1v) is 7.65. The molecule has 2 N–H and O–H groups in total. The van der Waals surface area contributed by atoms with Crippen molar-refractivity contribution in [3.63, 3.8) is 0 Å². The Hall–Kier alpha value is -0.780. The second-order valence-electron chi connectivity index (χ2n) is 4.35. The highest BCUT2D eigenvalue weighted by Crippen LogP contribution is 2.27. The summed E-state index contributed by atoms with van der Waals surface area (Å²) in [6, 6.07) is 4.41. The van der Waals surface area contributed by atoms with Gasteiger partial charge < -0.3 is 5.73 Å². The molecule has 0 saturated carbocycles. The number of anilines is 1. The number of hydrogen-bond donors (Lipinski definition) is 1. The number of benzene rings is 1. The Morgan fingerprint density at radius 2 is 2.06 bits per heavy atom. The molecule has 1 aromatic carbocycles. The first-order chi connectivity index (χ1) is 8.30. The maximum absolute atomic E-state index is 12.4. The van der Waals surface area contributed by atoms with Gasteiger partial charge in [-0.25, -0.2) is 8.42 Å². The highest BCUT2D eigenvalue weighted by Gasteiger charge is 2.27. The van der Waals surface area contributed by atoms with E-state index in [1.807, 2.05) is 13.8 Å². The van der Waals surface area contributed by atoms with Crippen LogP contribution in [0.3, 0.4) is 0 Å². The van der Waals surface area contributed by atoms with Crippen LogP contribution >= 0.6 is 11.6 Å². The number of nitrogen functional groups attached to an aromatic ring is 1. The Morgan fingerprint density at radius 3 is 2.61 bits per heavy atom. The van der Waals surface area contributed by atoms with Gasteiger partial charge in [-0.3, -0.25) is 0 Å². The number of rotatable bonds is 5. The Balaban J connectivity index is 3.17. The summed E-state index contributed by atoms with van der Waals surface area (Å²) in [6.07, 6.45) is 1.72. The highest BCUT2D eigenvalue weighted by molar-refractivity contribution is 7.89. The smallest absolute Gasteiger partial charge is 0.244 e. The van der Waals surface area contributed by atoms with Crippen LogP contribution in [-0.4, -0.2) is 25.8 Å². The zero-order chi connectivity index (χ0) is 13.9. The monoisotopic (exact) mass is 290 g/mol. The van der Waals surface area contributed by atoms with Gasteiger partial charge in [-0.2, -0.15) is 4.31 Å². The van der Waals surface area contributed by atoms with E-state index in [0.717, 1.165) is 12.8 Å². The van der Waals surface area contributed by atoms with Crippen LogP contribution in [0, 0.1) is 0 Å². The Kier molecular flexibility index (Phi) is 5.01. The van der Waals surface area contributed by atoms with Gasteiger partial charge in [0, 0.05) is 18.8 Å². The van der Waals surface area contributed by atoms with Crippen molar-refractivity contribution in [1.29, 1.82) is 0 Å². The molecular formula is C12H19ClN2O2S. The molecule has 1 unspecified atom stereocenters. The van der Waals surface area contributed by atoms with E-state index in [-0.39, 0.29) is 16.0 Å². The second kappa shape index (κ2) is 5.91. The van der Waals surface area contributed by atoms with Crippen LogP contribution in [0.2, 0.25) is 5.02 Å². The van der Waals surface area contributed by atoms with Crippen molar-refractivity contribution in [2.24, 2.45) is 0 Å². The lowest BCUT2D eigenvalue weighted by Gasteiger charge is -2.24. The molecule has 1 aromatic rings. The lowest BCUT2D eigenvalue weighted by molar-refractivity contribution is 0.369. The first kappa shape index (κ1) is 15.3. The van der Waals surface area contributed by atoms with Gasteiger partial charge in [0.25, 0.3) is 0 Å². The molecule has 0 aromatic heterocycles. The van der Waals surface area contributed by atoms with E-state index in [9.17, 15) is 8.42 Å². The molecule has 102 valence electrons. The fraction of sp³-hybridized carbons (Fsp3) is 0.500. The van der Waals surface area contributed by atoms with Gasteiger partial charge in [0.05, 0.1) is 5.02 Å². The summed E-state index contributed by atoms with van der Waals surface area (Å²) < 4.78 is 26.2. The van der Waals surface area contributed by atoms with Crippen molar-refractivity contribution >= 4 is 27.3 Å². The third kappa shape index (κ3) is 3.16. The average molecular weight is 291 g/mol. The first-order valence-electron chi connectivity index (χ1n) is 5.83. The molecule has 1 atom stereocenters. The SMILES string of the molecule is CCCC(C)N(C)S(=O)(=O)c1cc(N)ccc1Cl. The van der Waals surface area contributed by atoms with Crippen molar-refractivity contribution in [3.05, 3.63) is 23.2 Å². The maximum atomic E-state index is 12.4. The Morgan fingerprint density at radius 1 is 1.44 bits per heavy atom. The largest absolute Gasteiger partial charge is 0.399 e. The summed E-state index contributed by atoms with van der Waals surface area (Å²) >= 11 is 5.95. The molecule has 0 amide bonds. The molecule has 0 saturated heterocycles. The molecule has 6 heteroatoms. The normalized spacial score (nSPS) is 13.8. The highest BCUT2D eigenvalue weighted by atomic mass is 35.5. The zero-order valence-electron chi connectivity index (χ0n) is 10.9. The van der Waals surface area contributed by atoms with Gasteiger partial charge in [0.2, 0.25) is 10.0 Å². The lowest BCUT2D eigenvalue weighted by Crippen LogP contribution is -2.35. The maximum Gasteiger partial charge on any atom is 0.244 e. The predicted molar refractivity (Wildman–Crippen MR) is 75.2 cm³/mol. The summed E-state index contributed by atoms with van der Waals surface area (Å²) in [5, 5.41) is 0.194. The molecule has 18 heavy (non-hydrogen) atoms. The summed E-state index contributed by atoms with van der Waals surface area (Å²) in [4.78, 5) is 0.0645. The minimum absolute atomic E-state index is 0.0645. The standard InChI is InChI=1S/C12H19ClN2O2S/c1-4-5-9(2)15(3)18(16,17)12-8-10(14)6-7-11(12)13/h6-9H,4-5,14H2,1-3H3. The molecule has 0 spiro atoms. The van der Waals surface area contributed by atoms with E-state index < -0.39 is 10.0 Å². The molecular weight excluding hydrogens is 272 g/mol. The minimum Gasteiger partial charge on any atom is -0.399 e. The van der Waals surface area contributed by atoms with E-state index in [2.05, 4.69) is 0 Å². The summed E-state index contributed by atoms with van der Waals surface area (Å²) in [5.41, 5.74) is 6.00. The van der Waals surface area contributed by atoms with Crippen LogP contribution in [-0.2, 0) is 10.0 Å². The van der Waals surface area contributed by atoms with Gasteiger partial charge >= 0.3 is 0 Å². The van der Waals surface area contributed by atoms with Gasteiger partial charge in [-0.15, -0.1) is 0 Å². The molecule has 0 fully saturated rings. The van der Waals surface area contributed by atoms with E-state index in [0.29, 0.717) is 5.69 Å². The molecule has 0 radical (unpaired) electrons. The third-order valence-electron chi connectivity index (χ3n) is 2.94. The van der Waals surface area contributed by atoms with Crippen molar-refractivity contribution in [3.8, 4) is 0 Å². The molecule has 0 aliphatic heterocycles. The topological polar surface area (TPSA) is 63.4 Å². The quantitative estimate of drug-likeness (QED) is 0.848. The van der Waals surface area contributed by atoms with Gasteiger partial charge in [-0.1, -0.05) is 24.9 Å². The molecule has 0 aliphatic rings. The van der Waals surface area contributed by atoms with E-state index in [1.54, 1.807) is 13.1 Å². The number of nitrogens with zero attached hydrogens (tertiary/aromatic N) is 1. The number of halogens is 1.